The van der Waals surface area contributed by atoms with E-state index in [1.807, 2.05) is 6.92 Å². The van der Waals surface area contributed by atoms with Crippen LogP contribution < -0.4 is 15.6 Å². The van der Waals surface area contributed by atoms with Gasteiger partial charge in [0.2, 0.25) is 0 Å². The highest BCUT2D eigenvalue weighted by Crippen LogP contribution is 2.31. The van der Waals surface area contributed by atoms with E-state index in [2.05, 4.69) is 27.3 Å². The van der Waals surface area contributed by atoms with Crippen LogP contribution in [0.2, 0.25) is 0 Å². The van der Waals surface area contributed by atoms with E-state index in [-0.39, 0.29) is 11.5 Å². The predicted molar refractivity (Wildman–Crippen MR) is 114 cm³/mol. The van der Waals surface area contributed by atoms with Gasteiger partial charge in [-0.25, -0.2) is 14.3 Å². The number of nitrogens with zero attached hydrogens (tertiary/aromatic N) is 3. The van der Waals surface area contributed by atoms with Gasteiger partial charge >= 0.3 is 5.97 Å². The highest BCUT2D eigenvalue weighted by Gasteiger charge is 2.18. The number of ether oxygens (including phenoxy) is 2. The van der Waals surface area contributed by atoms with Crippen molar-refractivity contribution in [3.05, 3.63) is 40.1 Å². The number of imidazole rings is 1. The standard InChI is InChI=1S/C21H27N5O4/c1-6-8-17-23-12(3)18-20(27)24-19(25-26(17)18)15-11-14(9-10-16(15)30-7-2)22-13(4)21(28)29-5/h9-11,13,22H,6-8H2,1-5H3,(H,24,25,27). The number of methoxy groups -OCH3 is 1. The van der Waals surface area contributed by atoms with Crippen LogP contribution in [0.5, 0.6) is 5.75 Å². The molecule has 0 aliphatic carbocycles. The number of hydrogen-bond acceptors (Lipinski definition) is 7. The third-order valence-electron chi connectivity index (χ3n) is 4.69. The average molecular weight is 413 g/mol. The lowest BCUT2D eigenvalue weighted by molar-refractivity contribution is -0.141. The quantitative estimate of drug-likeness (QED) is 0.546. The maximum atomic E-state index is 12.8. The third-order valence-corrected chi connectivity index (χ3v) is 4.69. The summed E-state index contributed by atoms with van der Waals surface area (Å²) in [4.78, 5) is 31.9. The summed E-state index contributed by atoms with van der Waals surface area (Å²) in [7, 11) is 1.34. The molecule has 2 N–H and O–H groups in total. The maximum Gasteiger partial charge on any atom is 0.327 e. The summed E-state index contributed by atoms with van der Waals surface area (Å²) in [6.45, 7) is 7.90. The molecule has 2 heterocycles. The number of nitrogens with one attached hydrogen (secondary N) is 2. The number of carbonyl (C=O) groups is 1. The van der Waals surface area contributed by atoms with Gasteiger partial charge in [-0.05, 0) is 45.4 Å². The molecule has 3 rings (SSSR count). The van der Waals surface area contributed by atoms with Crippen molar-refractivity contribution in [2.75, 3.05) is 19.0 Å². The Balaban J connectivity index is 2.13. The van der Waals surface area contributed by atoms with Gasteiger partial charge in [0.05, 0.1) is 25.0 Å². The highest BCUT2D eigenvalue weighted by atomic mass is 16.5. The van der Waals surface area contributed by atoms with Crippen molar-refractivity contribution in [2.45, 2.75) is 46.6 Å². The Morgan fingerprint density at radius 2 is 2.10 bits per heavy atom. The van der Waals surface area contributed by atoms with Crippen molar-refractivity contribution in [1.29, 1.82) is 0 Å². The second-order valence-corrected chi connectivity index (χ2v) is 6.96. The van der Waals surface area contributed by atoms with Crippen molar-refractivity contribution in [3.63, 3.8) is 0 Å². The summed E-state index contributed by atoms with van der Waals surface area (Å²) in [5.41, 5.74) is 2.09. The molecular weight excluding hydrogens is 386 g/mol. The van der Waals surface area contributed by atoms with E-state index in [4.69, 9.17) is 9.47 Å². The molecule has 0 amide bonds. The van der Waals surface area contributed by atoms with Gasteiger partial charge in [0.1, 0.15) is 17.6 Å². The monoisotopic (exact) mass is 413 g/mol. The average Bonchev–Trinajstić information content (AvgIpc) is 3.04. The molecule has 2 aromatic heterocycles. The van der Waals surface area contributed by atoms with E-state index in [0.29, 0.717) is 47.1 Å². The van der Waals surface area contributed by atoms with Crippen LogP contribution in [-0.2, 0) is 16.0 Å². The van der Waals surface area contributed by atoms with Crippen LogP contribution >= 0.6 is 0 Å². The molecule has 1 unspecified atom stereocenters. The zero-order valence-electron chi connectivity index (χ0n) is 17.9. The number of carbonyl (C=O) groups excluding carboxylic acids is 1. The number of anilines is 1. The van der Waals surface area contributed by atoms with E-state index >= 15 is 0 Å². The fraction of sp³-hybridized carbons (Fsp3) is 0.429. The first kappa shape index (κ1) is 21.4. The first-order chi connectivity index (χ1) is 14.4. The van der Waals surface area contributed by atoms with Crippen molar-refractivity contribution < 1.29 is 14.3 Å². The van der Waals surface area contributed by atoms with E-state index < -0.39 is 6.04 Å². The van der Waals surface area contributed by atoms with Gasteiger partial charge in [0.15, 0.2) is 11.3 Å². The van der Waals surface area contributed by atoms with Crippen molar-refractivity contribution in [2.24, 2.45) is 0 Å². The molecule has 0 saturated heterocycles. The van der Waals surface area contributed by atoms with Crippen LogP contribution in [0.25, 0.3) is 16.9 Å². The van der Waals surface area contributed by atoms with Crippen LogP contribution in [0, 0.1) is 6.92 Å². The number of benzene rings is 1. The Kier molecular flexibility index (Phi) is 6.39. The molecule has 1 atom stereocenters. The zero-order chi connectivity index (χ0) is 21.8. The number of H-pyrrole nitrogens is 1. The van der Waals surface area contributed by atoms with Gasteiger partial charge in [-0.15, -0.1) is 5.10 Å². The molecule has 1 aromatic carbocycles. The van der Waals surface area contributed by atoms with Crippen molar-refractivity contribution in [1.82, 2.24) is 19.6 Å². The number of esters is 1. The number of aromatic amines is 1. The predicted octanol–water partition coefficient (Wildman–Crippen LogP) is 2.72. The lowest BCUT2D eigenvalue weighted by Gasteiger charge is -2.16. The molecule has 0 saturated carbocycles. The number of aryl methyl sites for hydroxylation is 2. The summed E-state index contributed by atoms with van der Waals surface area (Å²) in [6.07, 6.45) is 1.60. The Bertz CT molecular complexity index is 1120. The highest BCUT2D eigenvalue weighted by molar-refractivity contribution is 5.79. The Morgan fingerprint density at radius 1 is 1.33 bits per heavy atom. The second-order valence-electron chi connectivity index (χ2n) is 6.96. The van der Waals surface area contributed by atoms with E-state index in [1.54, 1.807) is 36.6 Å². The number of rotatable bonds is 8. The van der Waals surface area contributed by atoms with Gasteiger partial charge in [-0.1, -0.05) is 6.92 Å². The fourth-order valence-corrected chi connectivity index (χ4v) is 3.31. The molecule has 9 nitrogen and oxygen atoms in total. The number of fused-ring (bicyclic) bond motifs is 1. The van der Waals surface area contributed by atoms with Gasteiger partial charge in [0.25, 0.3) is 5.56 Å². The van der Waals surface area contributed by atoms with E-state index in [1.165, 1.54) is 7.11 Å². The van der Waals surface area contributed by atoms with Crippen LogP contribution in [0.1, 0.15) is 38.7 Å². The summed E-state index contributed by atoms with van der Waals surface area (Å²) in [5, 5.41) is 7.75. The molecule has 0 fully saturated rings. The number of hydrogen-bond donors (Lipinski definition) is 2. The normalized spacial score (nSPS) is 12.0. The molecule has 30 heavy (non-hydrogen) atoms. The SMILES string of the molecule is CCCc1nc(C)c2c(=O)[nH]c(-c3cc(NC(C)C(=O)OC)ccc3OCC)nn12. The minimum atomic E-state index is -0.539. The minimum absolute atomic E-state index is 0.268. The van der Waals surface area contributed by atoms with Crippen molar-refractivity contribution >= 4 is 17.2 Å². The lowest BCUT2D eigenvalue weighted by Crippen LogP contribution is -2.27. The van der Waals surface area contributed by atoms with Crippen LogP contribution in [0.4, 0.5) is 5.69 Å². The van der Waals surface area contributed by atoms with Gasteiger partial charge < -0.3 is 19.8 Å². The molecule has 0 radical (unpaired) electrons. The minimum Gasteiger partial charge on any atom is -0.493 e. The van der Waals surface area contributed by atoms with Crippen LogP contribution in [-0.4, -0.2) is 45.3 Å². The maximum absolute atomic E-state index is 12.8. The molecule has 0 bridgehead atoms. The van der Waals surface area contributed by atoms with E-state index in [0.717, 1.165) is 12.2 Å². The topological polar surface area (TPSA) is 111 Å². The number of aromatic nitrogens is 4. The lowest BCUT2D eigenvalue weighted by atomic mass is 10.1. The molecule has 0 spiro atoms. The first-order valence-electron chi connectivity index (χ1n) is 9.99. The summed E-state index contributed by atoms with van der Waals surface area (Å²) in [6, 6.07) is 4.83. The van der Waals surface area contributed by atoms with E-state index in [9.17, 15) is 9.59 Å². The van der Waals surface area contributed by atoms with Crippen molar-refractivity contribution in [3.8, 4) is 17.1 Å². The van der Waals surface area contributed by atoms with Crippen LogP contribution in [0.3, 0.4) is 0 Å². The van der Waals surface area contributed by atoms with Gasteiger partial charge in [-0.2, -0.15) is 0 Å². The zero-order valence-corrected chi connectivity index (χ0v) is 17.9. The molecular formula is C21H27N5O4. The summed E-state index contributed by atoms with van der Waals surface area (Å²) < 4.78 is 12.1. The Hall–Kier alpha value is -3.36. The second kappa shape index (κ2) is 8.98. The first-order valence-corrected chi connectivity index (χ1v) is 9.99. The molecule has 0 aliphatic rings. The summed E-state index contributed by atoms with van der Waals surface area (Å²) in [5.74, 6) is 1.30. The third kappa shape index (κ3) is 4.14. The molecule has 9 heteroatoms. The molecule has 160 valence electrons. The largest absolute Gasteiger partial charge is 0.493 e. The Labute approximate surface area is 174 Å². The fourth-order valence-electron chi connectivity index (χ4n) is 3.31. The summed E-state index contributed by atoms with van der Waals surface area (Å²) >= 11 is 0. The van der Waals surface area contributed by atoms with Gasteiger partial charge in [0, 0.05) is 12.1 Å². The Morgan fingerprint density at radius 3 is 2.77 bits per heavy atom. The molecule has 0 aliphatic heterocycles. The molecule has 3 aromatic rings. The van der Waals surface area contributed by atoms with Gasteiger partial charge in [-0.3, -0.25) is 4.79 Å². The smallest absolute Gasteiger partial charge is 0.327 e. The van der Waals surface area contributed by atoms with Crippen LogP contribution in [0.15, 0.2) is 23.0 Å².